The molecule has 0 saturated carbocycles. The van der Waals surface area contributed by atoms with Crippen molar-refractivity contribution in [3.63, 3.8) is 0 Å². The number of carboxylic acid groups (broad SMARTS) is 1. The molecule has 2 fully saturated rings. The molecule has 27 heavy (non-hydrogen) atoms. The Kier molecular flexibility index (Phi) is 3.07. The molecule has 7 nitrogen and oxygen atoms in total. The average molecular weight is 373 g/mol. The first kappa shape index (κ1) is 16.6. The number of benzene rings is 1. The van der Waals surface area contributed by atoms with E-state index in [4.69, 9.17) is 4.74 Å². The van der Waals surface area contributed by atoms with Gasteiger partial charge < -0.3 is 19.3 Å². The lowest BCUT2D eigenvalue weighted by atomic mass is 10.1. The van der Waals surface area contributed by atoms with Gasteiger partial charge in [0.2, 0.25) is 5.43 Å². The molecule has 0 aliphatic carbocycles. The van der Waals surface area contributed by atoms with Crippen LogP contribution in [-0.4, -0.2) is 58.9 Å². The number of aromatic carboxylic acids is 1. The highest BCUT2D eigenvalue weighted by Gasteiger charge is 2.62. The number of likely N-dealkylation sites (N-methyl/N-ethyl adjacent to an activating group) is 1. The highest BCUT2D eigenvalue weighted by atomic mass is 19.1. The van der Waals surface area contributed by atoms with Crippen LogP contribution in [0.4, 0.5) is 10.1 Å². The Morgan fingerprint density at radius 2 is 2.19 bits per heavy atom. The van der Waals surface area contributed by atoms with Crippen molar-refractivity contribution in [2.45, 2.75) is 31.5 Å². The standard InChI is InChI=1S/C19H20FN3O4/c1-9-7-27-17-14-10(16(24)11(18(25)26)5-23(9)14)4-12(20)15(17)22-6-13-19(2,8-22)21(13)3/h4-5,9,13H,6-8H2,1-3H3,(H,25,26). The van der Waals surface area contributed by atoms with E-state index in [1.807, 2.05) is 11.8 Å². The smallest absolute Gasteiger partial charge is 0.341 e. The van der Waals surface area contributed by atoms with Crippen LogP contribution in [0.15, 0.2) is 17.1 Å². The zero-order valence-electron chi connectivity index (χ0n) is 15.3. The molecule has 0 bridgehead atoms. The van der Waals surface area contributed by atoms with Gasteiger partial charge in [-0.25, -0.2) is 9.18 Å². The summed E-state index contributed by atoms with van der Waals surface area (Å²) in [5.41, 5.74) is -0.171. The van der Waals surface area contributed by atoms with Crippen LogP contribution in [0.5, 0.6) is 5.75 Å². The third-order valence-corrected chi connectivity index (χ3v) is 6.52. The summed E-state index contributed by atoms with van der Waals surface area (Å²) in [6, 6.07) is 1.38. The van der Waals surface area contributed by atoms with Crippen LogP contribution >= 0.6 is 0 Å². The number of pyridine rings is 1. The Bertz CT molecular complexity index is 1080. The van der Waals surface area contributed by atoms with Crippen LogP contribution in [-0.2, 0) is 0 Å². The third-order valence-electron chi connectivity index (χ3n) is 6.52. The second kappa shape index (κ2) is 5.01. The Morgan fingerprint density at radius 1 is 1.44 bits per heavy atom. The molecule has 0 radical (unpaired) electrons. The van der Waals surface area contributed by atoms with Crippen LogP contribution in [0.3, 0.4) is 0 Å². The molecule has 3 aliphatic heterocycles. The first-order chi connectivity index (χ1) is 12.7. The van der Waals surface area contributed by atoms with Crippen molar-refractivity contribution < 1.29 is 19.0 Å². The molecule has 3 aliphatic rings. The van der Waals surface area contributed by atoms with Crippen molar-refractivity contribution in [2.75, 3.05) is 31.6 Å². The maximum atomic E-state index is 15.1. The van der Waals surface area contributed by atoms with Gasteiger partial charge >= 0.3 is 5.97 Å². The number of aromatic nitrogens is 1. The average Bonchev–Trinajstić information content (AvgIpc) is 2.94. The fourth-order valence-electron chi connectivity index (χ4n) is 4.71. The van der Waals surface area contributed by atoms with Gasteiger partial charge in [-0.05, 0) is 27.0 Å². The van der Waals surface area contributed by atoms with Gasteiger partial charge in [-0.3, -0.25) is 9.69 Å². The normalized spacial score (nSPS) is 31.0. The van der Waals surface area contributed by atoms with Gasteiger partial charge in [0.1, 0.15) is 17.9 Å². The summed E-state index contributed by atoms with van der Waals surface area (Å²) in [6.45, 7) is 5.69. The van der Waals surface area contributed by atoms with Gasteiger partial charge in [-0.2, -0.15) is 0 Å². The largest absolute Gasteiger partial charge is 0.487 e. The summed E-state index contributed by atoms with van der Waals surface area (Å²) in [6.07, 6.45) is 1.35. The minimum atomic E-state index is -1.31. The van der Waals surface area contributed by atoms with Crippen LogP contribution in [0.1, 0.15) is 30.2 Å². The summed E-state index contributed by atoms with van der Waals surface area (Å²) in [5.74, 6) is -1.53. The second-order valence-electron chi connectivity index (χ2n) is 8.04. The van der Waals surface area contributed by atoms with Gasteiger partial charge in [-0.1, -0.05) is 0 Å². The Morgan fingerprint density at radius 3 is 2.81 bits per heavy atom. The number of nitrogens with zero attached hydrogens (tertiary/aromatic N) is 3. The summed E-state index contributed by atoms with van der Waals surface area (Å²) in [5, 5.41) is 9.40. The van der Waals surface area contributed by atoms with Crippen LogP contribution < -0.4 is 15.1 Å². The number of hydrogen-bond acceptors (Lipinski definition) is 5. The van der Waals surface area contributed by atoms with Gasteiger partial charge in [0.15, 0.2) is 11.6 Å². The van der Waals surface area contributed by atoms with Crippen LogP contribution in [0, 0.1) is 5.82 Å². The van der Waals surface area contributed by atoms with E-state index in [0.29, 0.717) is 36.1 Å². The number of carbonyl (C=O) groups is 1. The minimum absolute atomic E-state index is 0.0307. The summed E-state index contributed by atoms with van der Waals surface area (Å²) < 4.78 is 22.7. The number of fused-ring (bicyclic) bond motifs is 1. The van der Waals surface area contributed by atoms with E-state index >= 15 is 4.39 Å². The maximum absolute atomic E-state index is 15.1. The lowest BCUT2D eigenvalue weighted by Crippen LogP contribution is -2.34. The number of hydrogen-bond donors (Lipinski definition) is 1. The van der Waals surface area contributed by atoms with Gasteiger partial charge in [-0.15, -0.1) is 0 Å². The molecule has 1 N–H and O–H groups in total. The van der Waals surface area contributed by atoms with Crippen molar-refractivity contribution in [1.82, 2.24) is 9.47 Å². The molecule has 8 heteroatoms. The molecule has 1 aromatic carbocycles. The Balaban J connectivity index is 1.76. The summed E-state index contributed by atoms with van der Waals surface area (Å²) in [4.78, 5) is 28.3. The van der Waals surface area contributed by atoms with Gasteiger partial charge in [0.05, 0.1) is 22.5 Å². The zero-order chi connectivity index (χ0) is 19.2. The monoisotopic (exact) mass is 373 g/mol. The van der Waals surface area contributed by atoms with Crippen molar-refractivity contribution in [1.29, 1.82) is 0 Å². The molecule has 0 amide bonds. The molecular weight excluding hydrogens is 353 g/mol. The number of ether oxygens (including phenoxy) is 1. The predicted molar refractivity (Wildman–Crippen MR) is 97.5 cm³/mol. The third kappa shape index (κ3) is 1.99. The SMILES string of the molecule is CC1COc2c(N3CC4N(C)C4(C)C3)c(F)cc3c(=O)c(C(=O)O)cn1c23. The number of rotatable bonds is 2. The molecule has 2 aromatic rings. The van der Waals surface area contributed by atoms with E-state index in [-0.39, 0.29) is 29.1 Å². The Hall–Kier alpha value is -2.61. The second-order valence-corrected chi connectivity index (χ2v) is 8.04. The van der Waals surface area contributed by atoms with E-state index in [0.717, 1.165) is 6.07 Å². The van der Waals surface area contributed by atoms with E-state index in [1.165, 1.54) is 6.20 Å². The highest BCUT2D eigenvalue weighted by Crippen LogP contribution is 2.50. The fourth-order valence-corrected chi connectivity index (χ4v) is 4.71. The minimum Gasteiger partial charge on any atom is -0.487 e. The van der Waals surface area contributed by atoms with E-state index in [1.54, 1.807) is 4.57 Å². The molecular formula is C19H20FN3O4. The van der Waals surface area contributed by atoms with E-state index in [9.17, 15) is 14.7 Å². The lowest BCUT2D eigenvalue weighted by Gasteiger charge is -2.32. The topological polar surface area (TPSA) is 74.8 Å². The van der Waals surface area contributed by atoms with Gasteiger partial charge in [0.25, 0.3) is 0 Å². The molecule has 4 atom stereocenters. The number of piperazine rings is 1. The van der Waals surface area contributed by atoms with Gasteiger partial charge in [0, 0.05) is 25.3 Å². The first-order valence-corrected chi connectivity index (χ1v) is 8.99. The molecule has 0 spiro atoms. The summed E-state index contributed by atoms with van der Waals surface area (Å²) in [7, 11) is 2.06. The van der Waals surface area contributed by atoms with E-state index in [2.05, 4.69) is 18.9 Å². The highest BCUT2D eigenvalue weighted by molar-refractivity contribution is 5.97. The summed E-state index contributed by atoms with van der Waals surface area (Å²) >= 11 is 0. The number of carboxylic acids is 1. The zero-order valence-corrected chi connectivity index (χ0v) is 15.3. The molecule has 2 saturated heterocycles. The fraction of sp³-hybridized carbons (Fsp3) is 0.474. The van der Waals surface area contributed by atoms with Crippen LogP contribution in [0.25, 0.3) is 10.9 Å². The first-order valence-electron chi connectivity index (χ1n) is 8.99. The molecule has 4 unspecified atom stereocenters. The molecule has 142 valence electrons. The molecule has 4 heterocycles. The molecule has 1 aromatic heterocycles. The predicted octanol–water partition coefficient (Wildman–Crippen LogP) is 1.68. The maximum Gasteiger partial charge on any atom is 0.341 e. The quantitative estimate of drug-likeness (QED) is 0.808. The lowest BCUT2D eigenvalue weighted by molar-refractivity contribution is 0.0694. The van der Waals surface area contributed by atoms with E-state index < -0.39 is 17.2 Å². The van der Waals surface area contributed by atoms with Crippen molar-refractivity contribution >= 4 is 22.6 Å². The number of halogens is 1. The van der Waals surface area contributed by atoms with Crippen LogP contribution in [0.2, 0.25) is 0 Å². The number of anilines is 1. The van der Waals surface area contributed by atoms with Crippen molar-refractivity contribution in [3.05, 3.63) is 33.9 Å². The Labute approximate surface area is 154 Å². The molecule has 5 rings (SSSR count). The van der Waals surface area contributed by atoms with Crippen molar-refractivity contribution in [2.24, 2.45) is 0 Å². The van der Waals surface area contributed by atoms with Crippen molar-refractivity contribution in [3.8, 4) is 5.75 Å².